The van der Waals surface area contributed by atoms with Crippen molar-refractivity contribution in [3.05, 3.63) is 0 Å². The van der Waals surface area contributed by atoms with E-state index in [0.29, 0.717) is 5.92 Å². The van der Waals surface area contributed by atoms with Crippen LogP contribution in [-0.2, 0) is 9.53 Å². The van der Waals surface area contributed by atoms with Crippen LogP contribution < -0.4 is 11.1 Å². The van der Waals surface area contributed by atoms with Gasteiger partial charge in [0.1, 0.15) is 0 Å². The largest absolute Gasteiger partial charge is 0.393 e. The van der Waals surface area contributed by atoms with E-state index in [1.807, 2.05) is 0 Å². The first-order valence-corrected chi connectivity index (χ1v) is 5.77. The third-order valence-corrected chi connectivity index (χ3v) is 3.05. The van der Waals surface area contributed by atoms with Crippen LogP contribution in [0.5, 0.6) is 0 Å². The second-order valence-electron chi connectivity index (χ2n) is 4.28. The summed E-state index contributed by atoms with van der Waals surface area (Å²) in [6.07, 6.45) is 3.73. The Kier molecular flexibility index (Phi) is 3.21. The van der Waals surface area contributed by atoms with Crippen molar-refractivity contribution in [3.8, 4) is 0 Å². The number of hydrogen-bond acceptors (Lipinski definition) is 3. The van der Waals surface area contributed by atoms with Gasteiger partial charge in [-0.15, -0.1) is 0 Å². The Hall–Kier alpha value is -0.680. The summed E-state index contributed by atoms with van der Waals surface area (Å²) in [5.74, 6) is 0.575. The summed E-state index contributed by atoms with van der Waals surface area (Å²) in [5.41, 5.74) is 5.31. The van der Waals surface area contributed by atoms with E-state index in [1.165, 1.54) is 12.8 Å². The Labute approximate surface area is 94.5 Å². The lowest BCUT2D eigenvalue weighted by Gasteiger charge is -2.19. The zero-order valence-electron chi connectivity index (χ0n) is 8.57. The molecule has 2 fully saturated rings. The van der Waals surface area contributed by atoms with Crippen molar-refractivity contribution in [2.45, 2.75) is 37.8 Å². The molecule has 2 unspecified atom stereocenters. The standard InChI is InChI=1S/C10H16N2O2S/c11-8(15)5-9(13)12-7-3-4-14-10(7)6-1-2-6/h6-7,10H,1-5H2,(H2,11,15)(H,12,13). The predicted octanol–water partition coefficient (Wildman–Crippen LogP) is 0.346. The van der Waals surface area contributed by atoms with E-state index in [0.717, 1.165) is 13.0 Å². The summed E-state index contributed by atoms with van der Waals surface area (Å²) < 4.78 is 5.62. The van der Waals surface area contributed by atoms with Crippen molar-refractivity contribution >= 4 is 23.1 Å². The van der Waals surface area contributed by atoms with Crippen LogP contribution in [0.3, 0.4) is 0 Å². The molecule has 1 saturated carbocycles. The zero-order chi connectivity index (χ0) is 10.8. The summed E-state index contributed by atoms with van der Waals surface area (Å²) >= 11 is 4.69. The summed E-state index contributed by atoms with van der Waals surface area (Å²) in [4.78, 5) is 11.7. The average molecular weight is 228 g/mol. The van der Waals surface area contributed by atoms with E-state index in [2.05, 4.69) is 5.32 Å². The molecule has 0 radical (unpaired) electrons. The first-order chi connectivity index (χ1) is 7.16. The van der Waals surface area contributed by atoms with Crippen LogP contribution in [0.25, 0.3) is 0 Å². The molecule has 1 saturated heterocycles. The molecule has 15 heavy (non-hydrogen) atoms. The highest BCUT2D eigenvalue weighted by Crippen LogP contribution is 2.38. The van der Waals surface area contributed by atoms with Crippen molar-refractivity contribution in [1.29, 1.82) is 0 Å². The molecular weight excluding hydrogens is 212 g/mol. The lowest BCUT2D eigenvalue weighted by atomic mass is 10.1. The maximum atomic E-state index is 11.5. The summed E-state index contributed by atoms with van der Waals surface area (Å²) in [7, 11) is 0. The molecule has 3 N–H and O–H groups in total. The maximum Gasteiger partial charge on any atom is 0.227 e. The van der Waals surface area contributed by atoms with E-state index in [-0.39, 0.29) is 29.5 Å². The number of carbonyl (C=O) groups excluding carboxylic acids is 1. The normalized spacial score (nSPS) is 30.1. The SMILES string of the molecule is NC(=S)CC(=O)NC1CCOC1C1CC1. The van der Waals surface area contributed by atoms with Gasteiger partial charge in [-0.2, -0.15) is 0 Å². The zero-order valence-corrected chi connectivity index (χ0v) is 9.39. The molecule has 1 heterocycles. The number of carbonyl (C=O) groups is 1. The van der Waals surface area contributed by atoms with E-state index >= 15 is 0 Å². The molecule has 2 atom stereocenters. The van der Waals surface area contributed by atoms with Crippen molar-refractivity contribution in [2.24, 2.45) is 11.7 Å². The highest BCUT2D eigenvalue weighted by atomic mass is 32.1. The number of nitrogens with one attached hydrogen (secondary N) is 1. The first-order valence-electron chi connectivity index (χ1n) is 5.36. The van der Waals surface area contributed by atoms with Gasteiger partial charge >= 0.3 is 0 Å². The average Bonchev–Trinajstić information content (AvgIpc) is 2.87. The molecule has 1 aliphatic heterocycles. The van der Waals surface area contributed by atoms with E-state index < -0.39 is 0 Å². The Bertz CT molecular complexity index is 279. The van der Waals surface area contributed by atoms with Gasteiger partial charge in [0.2, 0.25) is 5.91 Å². The fourth-order valence-electron chi connectivity index (χ4n) is 2.07. The van der Waals surface area contributed by atoms with Crippen LogP contribution in [-0.4, -0.2) is 29.6 Å². The maximum absolute atomic E-state index is 11.5. The Morgan fingerprint density at radius 1 is 1.47 bits per heavy atom. The highest BCUT2D eigenvalue weighted by molar-refractivity contribution is 7.80. The molecule has 84 valence electrons. The molecule has 1 amide bonds. The van der Waals surface area contributed by atoms with Gasteiger partial charge in [0.25, 0.3) is 0 Å². The minimum Gasteiger partial charge on any atom is -0.393 e. The third kappa shape index (κ3) is 2.89. The second-order valence-corrected chi connectivity index (χ2v) is 4.80. The van der Waals surface area contributed by atoms with Gasteiger partial charge in [0.05, 0.1) is 23.6 Å². The van der Waals surface area contributed by atoms with Crippen molar-refractivity contribution in [1.82, 2.24) is 5.32 Å². The molecule has 4 nitrogen and oxygen atoms in total. The van der Waals surface area contributed by atoms with Gasteiger partial charge in [-0.25, -0.2) is 0 Å². The molecule has 0 aromatic rings. The van der Waals surface area contributed by atoms with Crippen LogP contribution in [0, 0.1) is 5.92 Å². The molecule has 0 bridgehead atoms. The van der Waals surface area contributed by atoms with Crippen LogP contribution in [0.1, 0.15) is 25.7 Å². The van der Waals surface area contributed by atoms with Gasteiger partial charge in [0.15, 0.2) is 0 Å². The fourth-order valence-corrected chi connectivity index (χ4v) is 2.20. The minimum atomic E-state index is -0.0800. The van der Waals surface area contributed by atoms with E-state index in [1.54, 1.807) is 0 Å². The summed E-state index contributed by atoms with van der Waals surface area (Å²) in [5, 5.41) is 2.95. The molecule has 0 spiro atoms. The molecular formula is C10H16N2O2S. The highest BCUT2D eigenvalue weighted by Gasteiger charge is 2.41. The van der Waals surface area contributed by atoms with Crippen LogP contribution in [0.15, 0.2) is 0 Å². The monoisotopic (exact) mass is 228 g/mol. The number of hydrogen-bond donors (Lipinski definition) is 2. The van der Waals surface area contributed by atoms with Gasteiger partial charge in [-0.1, -0.05) is 12.2 Å². The van der Waals surface area contributed by atoms with Gasteiger partial charge < -0.3 is 15.8 Å². The van der Waals surface area contributed by atoms with E-state index in [4.69, 9.17) is 22.7 Å². The quantitative estimate of drug-likeness (QED) is 0.681. The molecule has 0 aromatic carbocycles. The first kappa shape index (κ1) is 10.8. The van der Waals surface area contributed by atoms with Crippen molar-refractivity contribution in [2.75, 3.05) is 6.61 Å². The van der Waals surface area contributed by atoms with Crippen LogP contribution >= 0.6 is 12.2 Å². The smallest absolute Gasteiger partial charge is 0.227 e. The molecule has 2 aliphatic rings. The minimum absolute atomic E-state index is 0.0800. The number of thiocarbonyl (C=S) groups is 1. The molecule has 2 rings (SSSR count). The third-order valence-electron chi connectivity index (χ3n) is 2.90. The topological polar surface area (TPSA) is 64.4 Å². The Morgan fingerprint density at radius 3 is 2.80 bits per heavy atom. The Morgan fingerprint density at radius 2 is 2.20 bits per heavy atom. The predicted molar refractivity (Wildman–Crippen MR) is 60.4 cm³/mol. The van der Waals surface area contributed by atoms with Gasteiger partial charge in [0, 0.05) is 6.61 Å². The summed E-state index contributed by atoms with van der Waals surface area (Å²) in [6, 6.07) is 0.166. The molecule has 1 aliphatic carbocycles. The lowest BCUT2D eigenvalue weighted by molar-refractivity contribution is -0.121. The summed E-state index contributed by atoms with van der Waals surface area (Å²) in [6.45, 7) is 0.749. The number of nitrogens with two attached hydrogens (primary N) is 1. The lowest BCUT2D eigenvalue weighted by Crippen LogP contribution is -2.42. The van der Waals surface area contributed by atoms with Gasteiger partial charge in [-0.05, 0) is 25.2 Å². The molecule has 5 heteroatoms. The number of rotatable bonds is 4. The number of ether oxygens (including phenoxy) is 1. The second kappa shape index (κ2) is 4.45. The van der Waals surface area contributed by atoms with Gasteiger partial charge in [-0.3, -0.25) is 4.79 Å². The number of amides is 1. The fraction of sp³-hybridized carbons (Fsp3) is 0.800. The van der Waals surface area contributed by atoms with Crippen molar-refractivity contribution in [3.63, 3.8) is 0 Å². The van der Waals surface area contributed by atoms with Crippen LogP contribution in [0.2, 0.25) is 0 Å². The van der Waals surface area contributed by atoms with Crippen molar-refractivity contribution < 1.29 is 9.53 Å². The Balaban J connectivity index is 1.82. The molecule has 0 aromatic heterocycles. The van der Waals surface area contributed by atoms with E-state index in [9.17, 15) is 4.79 Å². The van der Waals surface area contributed by atoms with Crippen LogP contribution in [0.4, 0.5) is 0 Å².